The van der Waals surface area contributed by atoms with Crippen molar-refractivity contribution in [2.75, 3.05) is 17.4 Å². The van der Waals surface area contributed by atoms with Crippen LogP contribution < -0.4 is 9.62 Å². The number of aryl methyl sites for hydroxylation is 3. The summed E-state index contributed by atoms with van der Waals surface area (Å²) in [5, 5.41) is 2.96. The number of carbonyl (C=O) groups is 2. The van der Waals surface area contributed by atoms with Crippen LogP contribution in [0.15, 0.2) is 77.7 Å². The van der Waals surface area contributed by atoms with Crippen LogP contribution in [0.25, 0.3) is 0 Å². The van der Waals surface area contributed by atoms with Gasteiger partial charge in [0.25, 0.3) is 10.0 Å². The summed E-state index contributed by atoms with van der Waals surface area (Å²) < 4.78 is 29.0. The third-order valence-electron chi connectivity index (χ3n) is 7.06. The number of anilines is 1. The van der Waals surface area contributed by atoms with Crippen molar-refractivity contribution in [1.82, 2.24) is 10.2 Å². The van der Waals surface area contributed by atoms with Crippen LogP contribution in [0.3, 0.4) is 0 Å². The van der Waals surface area contributed by atoms with E-state index < -0.39 is 28.5 Å². The molecule has 0 radical (unpaired) electrons. The second-order valence-electron chi connectivity index (χ2n) is 10.6. The molecule has 3 rings (SSSR count). The molecule has 0 aliphatic heterocycles. The fourth-order valence-electron chi connectivity index (χ4n) is 4.44. The maximum atomic E-state index is 14.2. The van der Waals surface area contributed by atoms with Crippen molar-refractivity contribution in [2.24, 2.45) is 5.92 Å². The SMILES string of the molecule is CC[C@@H](C(=O)NCC(C)C)N(Cc1ccccc1C)C(=O)CN(c1ccc(C)c(C)c1)S(=O)(=O)c1ccccc1. The Labute approximate surface area is 239 Å². The predicted molar refractivity (Wildman–Crippen MR) is 161 cm³/mol. The van der Waals surface area contributed by atoms with Crippen LogP contribution >= 0.6 is 0 Å². The van der Waals surface area contributed by atoms with Crippen LogP contribution in [0.2, 0.25) is 0 Å². The minimum atomic E-state index is -4.08. The van der Waals surface area contributed by atoms with Crippen molar-refractivity contribution >= 4 is 27.5 Å². The lowest BCUT2D eigenvalue weighted by Crippen LogP contribution is -2.52. The Morgan fingerprint density at radius 1 is 0.850 bits per heavy atom. The Morgan fingerprint density at radius 3 is 2.10 bits per heavy atom. The molecule has 0 aliphatic carbocycles. The summed E-state index contributed by atoms with van der Waals surface area (Å²) in [6.07, 6.45) is 0.386. The molecule has 0 fully saturated rings. The smallest absolute Gasteiger partial charge is 0.264 e. The van der Waals surface area contributed by atoms with E-state index in [0.717, 1.165) is 26.6 Å². The van der Waals surface area contributed by atoms with Gasteiger partial charge < -0.3 is 10.2 Å². The predicted octanol–water partition coefficient (Wildman–Crippen LogP) is 5.39. The van der Waals surface area contributed by atoms with Gasteiger partial charge in [-0.2, -0.15) is 0 Å². The number of rotatable bonds is 12. The Hall–Kier alpha value is -3.65. The van der Waals surface area contributed by atoms with E-state index in [1.165, 1.54) is 17.0 Å². The molecule has 0 saturated heterocycles. The number of hydrogen-bond donors (Lipinski definition) is 1. The van der Waals surface area contributed by atoms with E-state index in [2.05, 4.69) is 5.32 Å². The van der Waals surface area contributed by atoms with Gasteiger partial charge in [-0.25, -0.2) is 8.42 Å². The molecule has 3 aromatic rings. The number of sulfonamides is 1. The third-order valence-corrected chi connectivity index (χ3v) is 8.85. The molecule has 0 heterocycles. The first-order valence-electron chi connectivity index (χ1n) is 13.7. The molecule has 0 aromatic heterocycles. The van der Waals surface area contributed by atoms with Gasteiger partial charge in [0.1, 0.15) is 12.6 Å². The molecule has 3 aromatic carbocycles. The highest BCUT2D eigenvalue weighted by Gasteiger charge is 2.34. The summed E-state index contributed by atoms with van der Waals surface area (Å²) in [4.78, 5) is 29.1. The molecule has 0 bridgehead atoms. The highest BCUT2D eigenvalue weighted by atomic mass is 32.2. The van der Waals surface area contributed by atoms with Crippen molar-refractivity contribution in [3.05, 3.63) is 95.1 Å². The molecule has 214 valence electrons. The molecular formula is C32H41N3O4S. The second-order valence-corrected chi connectivity index (χ2v) is 12.5. The zero-order valence-corrected chi connectivity index (χ0v) is 25.2. The number of carbonyl (C=O) groups excluding carboxylic acids is 2. The van der Waals surface area contributed by atoms with Crippen LogP contribution in [0.5, 0.6) is 0 Å². The van der Waals surface area contributed by atoms with Crippen LogP contribution in [0.1, 0.15) is 49.4 Å². The molecule has 40 heavy (non-hydrogen) atoms. The van der Waals surface area contributed by atoms with Crippen LogP contribution in [-0.4, -0.2) is 44.3 Å². The third kappa shape index (κ3) is 7.50. The van der Waals surface area contributed by atoms with E-state index in [0.29, 0.717) is 18.7 Å². The van der Waals surface area contributed by atoms with Crippen molar-refractivity contribution in [3.8, 4) is 0 Å². The quantitative estimate of drug-likeness (QED) is 0.320. The maximum absolute atomic E-state index is 14.2. The molecule has 1 N–H and O–H groups in total. The molecule has 0 spiro atoms. The summed E-state index contributed by atoms with van der Waals surface area (Å²) in [6.45, 7) is 11.9. The first-order valence-corrected chi connectivity index (χ1v) is 15.2. The Bertz CT molecular complexity index is 1420. The van der Waals surface area contributed by atoms with Crippen LogP contribution in [0, 0.1) is 26.7 Å². The molecule has 0 saturated carbocycles. The molecule has 0 aliphatic rings. The lowest BCUT2D eigenvalue weighted by atomic mass is 10.1. The van der Waals surface area contributed by atoms with E-state index in [9.17, 15) is 18.0 Å². The van der Waals surface area contributed by atoms with Crippen molar-refractivity contribution < 1.29 is 18.0 Å². The van der Waals surface area contributed by atoms with Crippen LogP contribution in [-0.2, 0) is 26.2 Å². The molecule has 8 heteroatoms. The first-order chi connectivity index (χ1) is 18.9. The summed E-state index contributed by atoms with van der Waals surface area (Å²) in [7, 11) is -4.08. The monoisotopic (exact) mass is 563 g/mol. The zero-order valence-electron chi connectivity index (χ0n) is 24.3. The number of benzene rings is 3. The van der Waals surface area contributed by atoms with Gasteiger partial charge in [-0.1, -0.05) is 69.3 Å². The van der Waals surface area contributed by atoms with E-state index in [1.807, 2.05) is 71.9 Å². The Balaban J connectivity index is 2.07. The largest absolute Gasteiger partial charge is 0.354 e. The van der Waals surface area contributed by atoms with Gasteiger partial charge in [-0.3, -0.25) is 13.9 Å². The average Bonchev–Trinajstić information content (AvgIpc) is 2.93. The number of hydrogen-bond acceptors (Lipinski definition) is 4. The van der Waals surface area contributed by atoms with E-state index in [4.69, 9.17) is 0 Å². The maximum Gasteiger partial charge on any atom is 0.264 e. The summed E-state index contributed by atoms with van der Waals surface area (Å²) >= 11 is 0. The lowest BCUT2D eigenvalue weighted by Gasteiger charge is -2.33. The van der Waals surface area contributed by atoms with Crippen LogP contribution in [0.4, 0.5) is 5.69 Å². The summed E-state index contributed by atoms with van der Waals surface area (Å²) in [5.41, 5.74) is 4.21. The Kier molecular flexibility index (Phi) is 10.5. The molecule has 0 unspecified atom stereocenters. The van der Waals surface area contributed by atoms with Crippen molar-refractivity contribution in [3.63, 3.8) is 0 Å². The minimum absolute atomic E-state index is 0.0909. The molecule has 1 atom stereocenters. The first kappa shape index (κ1) is 30.9. The van der Waals surface area contributed by atoms with Crippen molar-refractivity contribution in [1.29, 1.82) is 0 Å². The highest BCUT2D eigenvalue weighted by Crippen LogP contribution is 2.27. The summed E-state index contributed by atoms with van der Waals surface area (Å²) in [5.74, 6) is -0.451. The van der Waals surface area contributed by atoms with Gasteiger partial charge in [0.2, 0.25) is 11.8 Å². The molecular weight excluding hydrogens is 522 g/mol. The van der Waals surface area contributed by atoms with Crippen molar-refractivity contribution in [2.45, 2.75) is 65.4 Å². The summed E-state index contributed by atoms with van der Waals surface area (Å²) in [6, 6.07) is 20.4. The number of amides is 2. The molecule has 7 nitrogen and oxygen atoms in total. The minimum Gasteiger partial charge on any atom is -0.354 e. The van der Waals surface area contributed by atoms with E-state index >= 15 is 0 Å². The van der Waals surface area contributed by atoms with Gasteiger partial charge in [0.15, 0.2) is 0 Å². The lowest BCUT2D eigenvalue weighted by molar-refractivity contribution is -0.140. The standard InChI is InChI=1S/C32H41N3O4S/c1-7-30(32(37)33-20-23(2)3)34(21-27-14-12-11-13-25(27)5)31(36)22-35(28-18-17-24(4)26(6)19-28)40(38,39)29-15-9-8-10-16-29/h8-19,23,30H,7,20-22H2,1-6H3,(H,33,37)/t30-/m0/s1. The van der Waals surface area contributed by atoms with Gasteiger partial charge in [-0.05, 0) is 79.6 Å². The zero-order chi connectivity index (χ0) is 29.4. The van der Waals surface area contributed by atoms with Gasteiger partial charge in [-0.15, -0.1) is 0 Å². The van der Waals surface area contributed by atoms with E-state index in [1.54, 1.807) is 30.3 Å². The molecule has 2 amide bonds. The topological polar surface area (TPSA) is 86.8 Å². The normalized spacial score (nSPS) is 12.2. The van der Waals surface area contributed by atoms with Gasteiger partial charge >= 0.3 is 0 Å². The Morgan fingerprint density at radius 2 is 1.50 bits per heavy atom. The second kappa shape index (κ2) is 13.6. The fraction of sp³-hybridized carbons (Fsp3) is 0.375. The van der Waals surface area contributed by atoms with E-state index in [-0.39, 0.29) is 23.3 Å². The van der Waals surface area contributed by atoms with Gasteiger partial charge in [0, 0.05) is 13.1 Å². The number of nitrogens with one attached hydrogen (secondary N) is 1. The average molecular weight is 564 g/mol. The number of nitrogens with zero attached hydrogens (tertiary/aromatic N) is 2. The fourth-order valence-corrected chi connectivity index (χ4v) is 5.87. The highest BCUT2D eigenvalue weighted by molar-refractivity contribution is 7.92. The van der Waals surface area contributed by atoms with Gasteiger partial charge in [0.05, 0.1) is 10.6 Å².